The highest BCUT2D eigenvalue weighted by Crippen LogP contribution is 2.39. The highest BCUT2D eigenvalue weighted by molar-refractivity contribution is 5.79. The molecule has 1 atom stereocenters. The second-order valence-corrected chi connectivity index (χ2v) is 8.21. The maximum Gasteiger partial charge on any atom is 0.232 e. The topological polar surface area (TPSA) is 120 Å². The molecular weight excluding hydrogens is 474 g/mol. The molecule has 0 radical (unpaired) electrons. The number of amides is 1. The number of rotatable bonds is 7. The number of hydrogen-bond donors (Lipinski definition) is 1. The molecular formula is C23H22F2N8O3. The first kappa shape index (κ1) is 23.3. The molecule has 1 aliphatic rings. The molecule has 186 valence electrons. The molecule has 1 aliphatic heterocycles. The summed E-state index contributed by atoms with van der Waals surface area (Å²) in [5.74, 6) is -2.53. The first-order valence-electron chi connectivity index (χ1n) is 11.0. The van der Waals surface area contributed by atoms with E-state index >= 15 is 8.78 Å². The summed E-state index contributed by atoms with van der Waals surface area (Å²) in [6.07, 6.45) is 7.20. The number of halogens is 2. The molecule has 13 heteroatoms. The number of anilines is 2. The van der Waals surface area contributed by atoms with E-state index in [2.05, 4.69) is 30.4 Å². The van der Waals surface area contributed by atoms with E-state index in [0.717, 1.165) is 11.6 Å². The second-order valence-electron chi connectivity index (χ2n) is 8.21. The number of ether oxygens (including phenoxy) is 2. The van der Waals surface area contributed by atoms with Gasteiger partial charge in [-0.3, -0.25) is 9.48 Å². The van der Waals surface area contributed by atoms with Crippen LogP contribution in [-0.4, -0.2) is 62.4 Å². The lowest BCUT2D eigenvalue weighted by Gasteiger charge is -2.27. The quantitative estimate of drug-likeness (QED) is 0.411. The van der Waals surface area contributed by atoms with Gasteiger partial charge in [0, 0.05) is 43.9 Å². The van der Waals surface area contributed by atoms with E-state index in [9.17, 15) is 4.79 Å². The van der Waals surface area contributed by atoms with Gasteiger partial charge in [-0.1, -0.05) is 0 Å². The average molecular weight is 496 g/mol. The van der Waals surface area contributed by atoms with Crippen LogP contribution in [0.1, 0.15) is 12.8 Å². The molecule has 11 nitrogen and oxygen atoms in total. The van der Waals surface area contributed by atoms with Crippen LogP contribution in [-0.2, 0) is 11.8 Å². The average Bonchev–Trinajstić information content (AvgIpc) is 3.50. The number of benzene rings is 1. The lowest BCUT2D eigenvalue weighted by atomic mass is 10.1. The molecule has 0 aliphatic carbocycles. The molecule has 5 rings (SSSR count). The van der Waals surface area contributed by atoms with Crippen molar-refractivity contribution in [2.24, 2.45) is 7.05 Å². The Labute approximate surface area is 204 Å². The van der Waals surface area contributed by atoms with Crippen molar-refractivity contribution < 1.29 is 23.0 Å². The van der Waals surface area contributed by atoms with Crippen molar-refractivity contribution >= 4 is 28.7 Å². The number of carbonyl (C=O) groups is 1. The second kappa shape index (κ2) is 9.32. The van der Waals surface area contributed by atoms with Crippen LogP contribution >= 0.6 is 0 Å². The Bertz CT molecular complexity index is 1430. The molecule has 1 fully saturated rings. The molecule has 36 heavy (non-hydrogen) atoms. The number of carbonyl (C=O) groups excluding carboxylic acids is 1. The Hall–Kier alpha value is -4.42. The zero-order valence-electron chi connectivity index (χ0n) is 19.7. The van der Waals surface area contributed by atoms with Crippen molar-refractivity contribution in [2.45, 2.75) is 18.9 Å². The van der Waals surface area contributed by atoms with Gasteiger partial charge in [0.1, 0.15) is 11.2 Å². The molecule has 0 bridgehead atoms. The van der Waals surface area contributed by atoms with Crippen LogP contribution in [0.4, 0.5) is 20.4 Å². The third-order valence-corrected chi connectivity index (χ3v) is 5.84. The third kappa shape index (κ3) is 4.23. The molecule has 1 amide bonds. The fourth-order valence-electron chi connectivity index (χ4n) is 4.04. The summed E-state index contributed by atoms with van der Waals surface area (Å²) in [5, 5.41) is 6.95. The monoisotopic (exact) mass is 496 g/mol. The van der Waals surface area contributed by atoms with Gasteiger partial charge in [0.15, 0.2) is 28.8 Å². The highest BCUT2D eigenvalue weighted by atomic mass is 19.1. The SMILES string of the molecule is COc1cc(OC)c(F)c(N(CC2CCC(=O)N2)c2ncc3ncc(-c4cnn(C)c4)nc3n2)c1F. The maximum atomic E-state index is 15.5. The summed E-state index contributed by atoms with van der Waals surface area (Å²) >= 11 is 0. The van der Waals surface area contributed by atoms with Gasteiger partial charge in [-0.15, -0.1) is 0 Å². The van der Waals surface area contributed by atoms with Gasteiger partial charge in [-0.25, -0.2) is 23.7 Å². The molecule has 1 saturated heterocycles. The van der Waals surface area contributed by atoms with Crippen molar-refractivity contribution in [1.82, 2.24) is 35.0 Å². The molecule has 0 spiro atoms. The fraction of sp³-hybridized carbons (Fsp3) is 0.304. The van der Waals surface area contributed by atoms with Crippen molar-refractivity contribution in [3.63, 3.8) is 0 Å². The van der Waals surface area contributed by atoms with E-state index in [-0.39, 0.29) is 41.6 Å². The minimum absolute atomic E-state index is 0.00284. The number of methoxy groups -OCH3 is 2. The predicted octanol–water partition coefficient (Wildman–Crippen LogP) is 2.53. The van der Waals surface area contributed by atoms with E-state index in [1.807, 2.05) is 0 Å². The largest absolute Gasteiger partial charge is 0.493 e. The van der Waals surface area contributed by atoms with Crippen molar-refractivity contribution in [3.8, 4) is 22.8 Å². The van der Waals surface area contributed by atoms with Crippen molar-refractivity contribution in [2.75, 3.05) is 25.7 Å². The van der Waals surface area contributed by atoms with Crippen molar-refractivity contribution in [1.29, 1.82) is 0 Å². The molecule has 4 heterocycles. The normalized spacial score (nSPS) is 15.2. The Morgan fingerprint density at radius 3 is 2.47 bits per heavy atom. The standard InChI is InChI=1S/C23H22F2N8O3/c1-32-10-12(7-28-32)14-8-26-15-9-27-23(31-22(15)30-14)33(11-13-4-5-18(34)29-13)21-19(24)16(35-2)6-17(36-3)20(21)25/h6-10,13H,4-5,11H2,1-3H3,(H,29,34). The summed E-state index contributed by atoms with van der Waals surface area (Å²) in [6, 6.07) is 0.733. The molecule has 4 aromatic rings. The van der Waals surface area contributed by atoms with Crippen LogP contribution in [0.2, 0.25) is 0 Å². The van der Waals surface area contributed by atoms with E-state index in [1.165, 1.54) is 25.3 Å². The van der Waals surface area contributed by atoms with Crippen LogP contribution in [0.3, 0.4) is 0 Å². The Balaban J connectivity index is 1.65. The van der Waals surface area contributed by atoms with Gasteiger partial charge in [0.25, 0.3) is 0 Å². The van der Waals surface area contributed by atoms with Crippen LogP contribution in [0.25, 0.3) is 22.4 Å². The fourth-order valence-corrected chi connectivity index (χ4v) is 4.04. The van der Waals surface area contributed by atoms with Gasteiger partial charge in [0.05, 0.1) is 38.5 Å². The van der Waals surface area contributed by atoms with Gasteiger partial charge >= 0.3 is 0 Å². The van der Waals surface area contributed by atoms with Gasteiger partial charge in [-0.2, -0.15) is 10.1 Å². The van der Waals surface area contributed by atoms with Gasteiger partial charge in [0.2, 0.25) is 11.9 Å². The number of hydrogen-bond acceptors (Lipinski definition) is 9. The number of aromatic nitrogens is 6. The summed E-state index contributed by atoms with van der Waals surface area (Å²) in [6.45, 7) is -0.00284. The van der Waals surface area contributed by atoms with Crippen LogP contribution < -0.4 is 19.7 Å². The lowest BCUT2D eigenvalue weighted by molar-refractivity contribution is -0.119. The molecule has 1 N–H and O–H groups in total. The van der Waals surface area contributed by atoms with E-state index < -0.39 is 17.3 Å². The minimum Gasteiger partial charge on any atom is -0.493 e. The Morgan fingerprint density at radius 1 is 1.11 bits per heavy atom. The Kier molecular flexibility index (Phi) is 6.04. The van der Waals surface area contributed by atoms with Gasteiger partial charge in [-0.05, 0) is 6.42 Å². The minimum atomic E-state index is -0.959. The van der Waals surface area contributed by atoms with Crippen molar-refractivity contribution in [3.05, 3.63) is 42.5 Å². The number of nitrogens with zero attached hydrogens (tertiary/aromatic N) is 7. The third-order valence-electron chi connectivity index (χ3n) is 5.84. The number of fused-ring (bicyclic) bond motifs is 1. The maximum absolute atomic E-state index is 15.5. The van der Waals surface area contributed by atoms with Crippen LogP contribution in [0.15, 0.2) is 30.9 Å². The number of nitrogens with one attached hydrogen (secondary N) is 1. The molecule has 1 unspecified atom stereocenters. The van der Waals surface area contributed by atoms with E-state index in [4.69, 9.17) is 9.47 Å². The van der Waals surface area contributed by atoms with Crippen LogP contribution in [0, 0.1) is 11.6 Å². The summed E-state index contributed by atoms with van der Waals surface area (Å²) in [4.78, 5) is 30.8. The zero-order chi connectivity index (χ0) is 25.4. The molecule has 3 aromatic heterocycles. The summed E-state index contributed by atoms with van der Waals surface area (Å²) < 4.78 is 42.8. The van der Waals surface area contributed by atoms with E-state index in [0.29, 0.717) is 24.1 Å². The first-order valence-corrected chi connectivity index (χ1v) is 11.0. The first-order chi connectivity index (χ1) is 17.4. The predicted molar refractivity (Wildman–Crippen MR) is 125 cm³/mol. The smallest absolute Gasteiger partial charge is 0.232 e. The highest BCUT2D eigenvalue weighted by Gasteiger charge is 2.31. The Morgan fingerprint density at radius 2 is 1.86 bits per heavy atom. The zero-order valence-corrected chi connectivity index (χ0v) is 19.7. The number of aryl methyl sites for hydroxylation is 1. The van der Waals surface area contributed by atoms with Crippen LogP contribution in [0.5, 0.6) is 11.5 Å². The summed E-state index contributed by atoms with van der Waals surface area (Å²) in [5.41, 5.74) is 1.40. The van der Waals surface area contributed by atoms with E-state index in [1.54, 1.807) is 30.3 Å². The molecule has 1 aromatic carbocycles. The van der Waals surface area contributed by atoms with Gasteiger partial charge < -0.3 is 19.7 Å². The lowest BCUT2D eigenvalue weighted by Crippen LogP contribution is -2.38. The molecule has 0 saturated carbocycles. The summed E-state index contributed by atoms with van der Waals surface area (Å²) in [7, 11) is 4.32.